The van der Waals surface area contributed by atoms with E-state index in [1.807, 2.05) is 6.07 Å². The third-order valence-corrected chi connectivity index (χ3v) is 2.24. The van der Waals surface area contributed by atoms with Gasteiger partial charge in [0.15, 0.2) is 5.54 Å². The molecule has 1 aromatic rings. The fourth-order valence-electron chi connectivity index (χ4n) is 1.23. The van der Waals surface area contributed by atoms with Gasteiger partial charge in [0.05, 0.1) is 0 Å². The zero-order chi connectivity index (χ0) is 12.0. The zero-order valence-electron chi connectivity index (χ0n) is 8.84. The van der Waals surface area contributed by atoms with Crippen LogP contribution in [0.3, 0.4) is 0 Å². The Balaban J connectivity index is 2.93. The second kappa shape index (κ2) is 5.13. The van der Waals surface area contributed by atoms with E-state index in [4.69, 9.17) is 5.84 Å². The maximum Gasteiger partial charge on any atom is 0.329 e. The average Bonchev–Trinajstić information content (AvgIpc) is 2.30. The summed E-state index contributed by atoms with van der Waals surface area (Å²) in [4.78, 5) is 11.2. The monoisotopic (exact) mass is 222 g/mol. The van der Waals surface area contributed by atoms with Gasteiger partial charge in [0.2, 0.25) is 0 Å². The number of hydrazine groups is 1. The van der Waals surface area contributed by atoms with Crippen molar-refractivity contribution in [1.82, 2.24) is 10.9 Å². The number of carboxylic acid groups (broad SMARTS) is 1. The van der Waals surface area contributed by atoms with Crippen molar-refractivity contribution in [2.24, 2.45) is 10.9 Å². The van der Waals surface area contributed by atoms with Crippen molar-refractivity contribution in [2.75, 3.05) is 0 Å². The van der Waals surface area contributed by atoms with E-state index in [0.29, 0.717) is 5.56 Å². The van der Waals surface area contributed by atoms with Crippen molar-refractivity contribution < 1.29 is 9.90 Å². The minimum atomic E-state index is -1.25. The van der Waals surface area contributed by atoms with Gasteiger partial charge < -0.3 is 16.4 Å². The summed E-state index contributed by atoms with van der Waals surface area (Å²) in [5.41, 5.74) is 4.52. The molecule has 6 nitrogen and oxygen atoms in total. The lowest BCUT2D eigenvalue weighted by Gasteiger charge is -2.26. The second-order valence-corrected chi connectivity index (χ2v) is 3.34. The Kier molecular flexibility index (Phi) is 3.84. The van der Waals surface area contributed by atoms with Crippen LogP contribution in [0.5, 0.6) is 0 Å². The van der Waals surface area contributed by atoms with Gasteiger partial charge in [-0.25, -0.2) is 10.2 Å². The van der Waals surface area contributed by atoms with E-state index < -0.39 is 11.5 Å². The van der Waals surface area contributed by atoms with E-state index in [1.165, 1.54) is 6.34 Å². The molecule has 86 valence electrons. The number of aliphatic carboxylic acids is 1. The Morgan fingerprint density at radius 3 is 2.62 bits per heavy atom. The van der Waals surface area contributed by atoms with E-state index >= 15 is 0 Å². The van der Waals surface area contributed by atoms with Crippen LogP contribution in [0.4, 0.5) is 0 Å². The topological polar surface area (TPSA) is 99.7 Å². The molecule has 0 saturated carbocycles. The summed E-state index contributed by atoms with van der Waals surface area (Å²) in [6.45, 7) is 1.54. The number of nitrogens with one attached hydrogen (secondary N) is 2. The molecular formula is C10H14N4O2. The predicted octanol–water partition coefficient (Wildman–Crippen LogP) is -0.0174. The van der Waals surface area contributed by atoms with Gasteiger partial charge in [-0.3, -0.25) is 0 Å². The van der Waals surface area contributed by atoms with Gasteiger partial charge in [0.25, 0.3) is 0 Å². The smallest absolute Gasteiger partial charge is 0.329 e. The Morgan fingerprint density at radius 1 is 1.50 bits per heavy atom. The highest BCUT2D eigenvalue weighted by Gasteiger charge is 2.34. The van der Waals surface area contributed by atoms with Crippen LogP contribution in [0.2, 0.25) is 0 Å². The number of hydrazone groups is 1. The first-order chi connectivity index (χ1) is 7.61. The van der Waals surface area contributed by atoms with Gasteiger partial charge in [0, 0.05) is 0 Å². The minimum Gasteiger partial charge on any atom is -0.480 e. The summed E-state index contributed by atoms with van der Waals surface area (Å²) in [6, 6.07) is 8.82. The van der Waals surface area contributed by atoms with Crippen LogP contribution >= 0.6 is 0 Å². The number of rotatable bonds is 5. The fourth-order valence-corrected chi connectivity index (χ4v) is 1.23. The van der Waals surface area contributed by atoms with Crippen molar-refractivity contribution in [3.63, 3.8) is 0 Å². The zero-order valence-corrected chi connectivity index (χ0v) is 8.84. The summed E-state index contributed by atoms with van der Waals surface area (Å²) >= 11 is 0. The summed E-state index contributed by atoms with van der Waals surface area (Å²) in [5.74, 6) is 3.89. The van der Waals surface area contributed by atoms with Crippen molar-refractivity contribution >= 4 is 12.3 Å². The largest absolute Gasteiger partial charge is 0.480 e. The van der Waals surface area contributed by atoms with Gasteiger partial charge in [-0.05, 0) is 12.5 Å². The van der Waals surface area contributed by atoms with Crippen LogP contribution in [0.25, 0.3) is 0 Å². The molecule has 5 N–H and O–H groups in total. The molecule has 1 aromatic carbocycles. The number of nitrogens with two attached hydrogens (primary N) is 1. The molecule has 0 amide bonds. The molecule has 0 aromatic heterocycles. The third kappa shape index (κ3) is 2.48. The van der Waals surface area contributed by atoms with E-state index in [-0.39, 0.29) is 0 Å². The standard InChI is InChI=1S/C10H14N4O2/c1-10(9(15)16,14-13-7-12-11)8-5-3-2-4-6-8/h2-7,14H,11H2,1H3,(H,12,13)(H,15,16). The minimum absolute atomic E-state index is 0.625. The van der Waals surface area contributed by atoms with Crippen LogP contribution in [0.1, 0.15) is 12.5 Å². The first-order valence-corrected chi connectivity index (χ1v) is 4.64. The average molecular weight is 222 g/mol. The lowest BCUT2D eigenvalue weighted by atomic mass is 9.93. The van der Waals surface area contributed by atoms with Crippen molar-refractivity contribution in [3.05, 3.63) is 35.9 Å². The molecule has 0 spiro atoms. The molecule has 1 unspecified atom stereocenters. The highest BCUT2D eigenvalue weighted by Crippen LogP contribution is 2.19. The maximum atomic E-state index is 11.2. The molecule has 0 heterocycles. The van der Waals surface area contributed by atoms with Gasteiger partial charge in [-0.15, -0.1) is 0 Å². The van der Waals surface area contributed by atoms with Gasteiger partial charge >= 0.3 is 5.97 Å². The highest BCUT2D eigenvalue weighted by molar-refractivity contribution is 5.80. The Hall–Kier alpha value is -2.08. The molecule has 0 bridgehead atoms. The van der Waals surface area contributed by atoms with E-state index in [0.717, 1.165) is 0 Å². The van der Waals surface area contributed by atoms with Crippen LogP contribution in [-0.2, 0) is 10.3 Å². The Labute approximate surface area is 93.1 Å². The second-order valence-electron chi connectivity index (χ2n) is 3.34. The maximum absolute atomic E-state index is 11.2. The molecule has 16 heavy (non-hydrogen) atoms. The summed E-state index contributed by atoms with van der Waals surface area (Å²) in [6.07, 6.45) is 1.17. The molecule has 1 atom stereocenters. The third-order valence-electron chi connectivity index (χ3n) is 2.24. The number of hydrogen-bond donors (Lipinski definition) is 4. The molecule has 0 radical (unpaired) electrons. The van der Waals surface area contributed by atoms with Gasteiger partial charge in [-0.2, -0.15) is 5.10 Å². The first kappa shape index (κ1) is 12.0. The fraction of sp³-hybridized carbons (Fsp3) is 0.200. The normalized spacial score (nSPS) is 14.6. The molecule has 0 aliphatic rings. The van der Waals surface area contributed by atoms with E-state index in [1.54, 1.807) is 31.2 Å². The number of carboxylic acids is 1. The number of hydrogen-bond acceptors (Lipinski definition) is 4. The van der Waals surface area contributed by atoms with E-state index in [9.17, 15) is 9.90 Å². The predicted molar refractivity (Wildman–Crippen MR) is 60.4 cm³/mol. The quantitative estimate of drug-likeness (QED) is 0.243. The molecule has 0 aliphatic heterocycles. The van der Waals surface area contributed by atoms with Crippen LogP contribution in [0.15, 0.2) is 35.4 Å². The lowest BCUT2D eigenvalue weighted by molar-refractivity contribution is -0.144. The van der Waals surface area contributed by atoms with Crippen molar-refractivity contribution in [2.45, 2.75) is 12.5 Å². The first-order valence-electron chi connectivity index (χ1n) is 4.64. The summed E-state index contributed by atoms with van der Waals surface area (Å²) in [7, 11) is 0. The van der Waals surface area contributed by atoms with Gasteiger partial charge in [-0.1, -0.05) is 30.3 Å². The molecular weight excluding hydrogens is 208 g/mol. The number of nitrogens with zero attached hydrogens (tertiary/aromatic N) is 1. The summed E-state index contributed by atoms with van der Waals surface area (Å²) in [5, 5.41) is 12.4. The van der Waals surface area contributed by atoms with Crippen LogP contribution < -0.4 is 16.7 Å². The summed E-state index contributed by atoms with van der Waals surface area (Å²) < 4.78 is 0. The highest BCUT2D eigenvalue weighted by atomic mass is 16.4. The number of carbonyl (C=O) groups is 1. The molecule has 0 saturated heterocycles. The van der Waals surface area contributed by atoms with E-state index in [2.05, 4.69) is 16.0 Å². The molecule has 0 aliphatic carbocycles. The van der Waals surface area contributed by atoms with Crippen molar-refractivity contribution in [1.29, 1.82) is 0 Å². The SMILES string of the molecule is CC(NNC=NN)(C(=O)O)c1ccccc1. The van der Waals surface area contributed by atoms with Crippen LogP contribution in [0, 0.1) is 0 Å². The van der Waals surface area contributed by atoms with Gasteiger partial charge in [0.1, 0.15) is 6.34 Å². The number of benzene rings is 1. The van der Waals surface area contributed by atoms with Crippen molar-refractivity contribution in [3.8, 4) is 0 Å². The Morgan fingerprint density at radius 2 is 2.12 bits per heavy atom. The lowest BCUT2D eigenvalue weighted by Crippen LogP contribution is -2.52. The molecule has 1 rings (SSSR count). The Bertz CT molecular complexity index is 380. The molecule has 0 fully saturated rings. The van der Waals surface area contributed by atoms with Crippen LogP contribution in [-0.4, -0.2) is 17.4 Å². The molecule has 6 heteroatoms.